The van der Waals surface area contributed by atoms with Gasteiger partial charge in [0.15, 0.2) is 0 Å². The second kappa shape index (κ2) is 91.0. The maximum Gasteiger partial charge on any atom is 0 e. The second-order valence-electron chi connectivity index (χ2n) is 13.6. The van der Waals surface area contributed by atoms with E-state index >= 15 is 0 Å². The molecule has 291 valence electrons. The number of rotatable bonds is 0. The van der Waals surface area contributed by atoms with Gasteiger partial charge in [-0.15, -0.1) is 0 Å². The molecular weight excluding hydrogens is 629 g/mol. The van der Waals surface area contributed by atoms with E-state index in [4.69, 9.17) is 0 Å². The van der Waals surface area contributed by atoms with E-state index in [0.717, 1.165) is 30.1 Å². The Hall–Kier alpha value is 1.10. The maximum atomic E-state index is 3.38. The minimum Gasteiger partial charge on any atom is -0.372 e. The van der Waals surface area contributed by atoms with Crippen molar-refractivity contribution in [3.8, 4) is 0 Å². The van der Waals surface area contributed by atoms with Gasteiger partial charge in [0.1, 0.15) is 0 Å². The van der Waals surface area contributed by atoms with Crippen LogP contribution in [0.3, 0.4) is 0 Å². The van der Waals surface area contributed by atoms with Crippen molar-refractivity contribution in [2.75, 3.05) is 0 Å². The van der Waals surface area contributed by atoms with Gasteiger partial charge in [0.25, 0.3) is 0 Å². The molecule has 3 rings (SSSR count). The third kappa shape index (κ3) is 240. The van der Waals surface area contributed by atoms with Crippen molar-refractivity contribution >= 4 is 0 Å². The fourth-order valence-electron chi connectivity index (χ4n) is 3.18. The first-order chi connectivity index (χ1) is 21.3. The van der Waals surface area contributed by atoms with E-state index in [0.29, 0.717) is 0 Å². The van der Waals surface area contributed by atoms with Crippen LogP contribution in [0.5, 0.6) is 0 Å². The second-order valence-corrected chi connectivity index (χ2v) is 13.6. The zero-order valence-corrected chi connectivity index (χ0v) is 40.6. The maximum absolute atomic E-state index is 3.38. The van der Waals surface area contributed by atoms with E-state index in [1.54, 1.807) is 0 Å². The predicted molar refractivity (Wildman–Crippen MR) is 226 cm³/mol. The smallest absolute Gasteiger partial charge is 0 e. The Kier molecular flexibility index (Phi) is 144. The van der Waals surface area contributed by atoms with E-state index in [2.05, 4.69) is 96.9 Å². The molecule has 0 unspecified atom stereocenters. The number of hydrogen-bond acceptors (Lipinski definition) is 0. The molecule has 3 fully saturated rings. The van der Waals surface area contributed by atoms with E-state index in [1.165, 1.54) is 116 Å². The molecule has 3 aliphatic carbocycles. The third-order valence-electron chi connectivity index (χ3n) is 4.50. The molecule has 3 aliphatic rings. The molecule has 1 radical (unpaired) electrons. The molecule has 0 heterocycles. The van der Waals surface area contributed by atoms with Crippen LogP contribution in [-0.2, 0) is 32.7 Å². The monoisotopic (exact) mass is 736 g/mol. The third-order valence-corrected chi connectivity index (χ3v) is 4.50. The van der Waals surface area contributed by atoms with Crippen LogP contribution in [-0.4, -0.2) is 0 Å². The molecule has 1 heteroatoms. The summed E-state index contributed by atoms with van der Waals surface area (Å²) in [7, 11) is 0. The molecular formula is C45H106Y-2. The molecule has 0 atom stereocenters. The van der Waals surface area contributed by atoms with Crippen LogP contribution < -0.4 is 0 Å². The van der Waals surface area contributed by atoms with Gasteiger partial charge in [-0.2, -0.15) is 0 Å². The molecule has 3 saturated carbocycles. The summed E-state index contributed by atoms with van der Waals surface area (Å²) in [5.74, 6) is 3.33. The van der Waals surface area contributed by atoms with Gasteiger partial charge in [0, 0.05) is 32.7 Å². The zero-order valence-electron chi connectivity index (χ0n) is 37.7. The first-order valence-electron chi connectivity index (χ1n) is 20.9. The van der Waals surface area contributed by atoms with Crippen LogP contribution in [0, 0.1) is 37.5 Å². The minimum absolute atomic E-state index is 0. The quantitative estimate of drug-likeness (QED) is 0.172. The SMILES string of the molecule is C1CCCC1.C1CCCCC1.C1CCCCCC1.CC.CC.CC.CC.CC(C)C.CC(C)C.CC(C)C.CC(C)C.[CH2-]C[CH2-].[Y]. The predicted octanol–water partition coefficient (Wildman–Crippen LogP) is 18.8. The fourth-order valence-corrected chi connectivity index (χ4v) is 3.18. The van der Waals surface area contributed by atoms with E-state index in [-0.39, 0.29) is 32.7 Å². The molecule has 0 aromatic heterocycles. The van der Waals surface area contributed by atoms with Crippen LogP contribution >= 0.6 is 0 Å². The van der Waals surface area contributed by atoms with Gasteiger partial charge in [-0.3, -0.25) is 0 Å². The average Bonchev–Trinajstić information content (AvgIpc) is 3.46. The molecule has 46 heavy (non-hydrogen) atoms. The first kappa shape index (κ1) is 72.7. The van der Waals surface area contributed by atoms with Gasteiger partial charge < -0.3 is 20.3 Å². The van der Waals surface area contributed by atoms with Crippen molar-refractivity contribution < 1.29 is 32.7 Å². The normalized spacial score (nSPS) is 13.4. The van der Waals surface area contributed by atoms with E-state index in [1.807, 2.05) is 55.4 Å². The van der Waals surface area contributed by atoms with Gasteiger partial charge in [0.05, 0.1) is 0 Å². The first-order valence-corrected chi connectivity index (χ1v) is 20.9. The fraction of sp³-hybridized carbons (Fsp3) is 0.956. The van der Waals surface area contributed by atoms with Gasteiger partial charge >= 0.3 is 0 Å². The molecule has 0 spiro atoms. The summed E-state index contributed by atoms with van der Waals surface area (Å²) in [5.41, 5.74) is 0. The molecule has 0 saturated heterocycles. The Morgan fingerprint density at radius 3 is 0.304 bits per heavy atom. The number of hydrogen-bond donors (Lipinski definition) is 0. The molecule has 0 aromatic rings. The zero-order chi connectivity index (χ0) is 37.7. The molecule has 0 aromatic carbocycles. The topological polar surface area (TPSA) is 0 Å². The Morgan fingerprint density at radius 1 is 0.261 bits per heavy atom. The summed E-state index contributed by atoms with van der Waals surface area (Å²) >= 11 is 0. The molecule has 0 nitrogen and oxygen atoms in total. The summed E-state index contributed by atoms with van der Waals surface area (Å²) in [6.45, 7) is 48.8. The molecule has 0 N–H and O–H groups in total. The Balaban J connectivity index is -0.0000000394. The molecule has 0 bridgehead atoms. The van der Waals surface area contributed by atoms with Crippen molar-refractivity contribution in [1.29, 1.82) is 0 Å². The summed E-state index contributed by atoms with van der Waals surface area (Å²) in [6.07, 6.45) is 27.8. The standard InChI is InChI=1S/C7H14.C6H12.C5H10.4C4H10.C3H6.4C2H6.Y/c1-2-4-6-7-5-3-1;1-2-4-6-5-3-1;1-2-4-5-3-1;4*1-4(2)3;1-3-2;4*1-2;/h1-7H2;1-6H2;1-5H2;4*4H,1-3H3;1-3H2;4*1-2H3;/q;;;;;;;-2;;;;;. The molecule has 0 amide bonds. The van der Waals surface area contributed by atoms with Crippen molar-refractivity contribution in [2.45, 2.75) is 260 Å². The van der Waals surface area contributed by atoms with Crippen LogP contribution in [0.25, 0.3) is 0 Å². The summed E-state index contributed by atoms with van der Waals surface area (Å²) in [5, 5.41) is 0. The van der Waals surface area contributed by atoms with Crippen molar-refractivity contribution in [2.24, 2.45) is 23.7 Å². The largest absolute Gasteiger partial charge is 0.372 e. The van der Waals surface area contributed by atoms with Crippen LogP contribution in [0.1, 0.15) is 260 Å². The average molecular weight is 736 g/mol. The van der Waals surface area contributed by atoms with Crippen LogP contribution in [0.2, 0.25) is 0 Å². The van der Waals surface area contributed by atoms with Crippen LogP contribution in [0.15, 0.2) is 0 Å². The van der Waals surface area contributed by atoms with E-state index in [9.17, 15) is 0 Å². The van der Waals surface area contributed by atoms with Gasteiger partial charge in [-0.05, 0) is 23.7 Å². The summed E-state index contributed by atoms with van der Waals surface area (Å²) in [4.78, 5) is 0. The van der Waals surface area contributed by atoms with Crippen molar-refractivity contribution in [1.82, 2.24) is 0 Å². The van der Waals surface area contributed by atoms with Crippen LogP contribution in [0.4, 0.5) is 0 Å². The summed E-state index contributed by atoms with van der Waals surface area (Å²) in [6, 6.07) is 0. The Bertz CT molecular complexity index is 224. The van der Waals surface area contributed by atoms with Gasteiger partial charge in [0.2, 0.25) is 0 Å². The Labute approximate surface area is 328 Å². The van der Waals surface area contributed by atoms with Gasteiger partial charge in [-0.1, -0.05) is 254 Å². The minimum atomic E-state index is 0. The van der Waals surface area contributed by atoms with Crippen molar-refractivity contribution in [3.05, 3.63) is 13.8 Å². The summed E-state index contributed by atoms with van der Waals surface area (Å²) < 4.78 is 0. The Morgan fingerprint density at radius 2 is 0.283 bits per heavy atom. The van der Waals surface area contributed by atoms with E-state index < -0.39 is 0 Å². The van der Waals surface area contributed by atoms with Crippen molar-refractivity contribution in [3.63, 3.8) is 0 Å². The molecule has 0 aliphatic heterocycles. The van der Waals surface area contributed by atoms with Gasteiger partial charge in [-0.25, -0.2) is 0 Å².